The minimum Gasteiger partial charge on any atom is -0.465 e. The van der Waals surface area contributed by atoms with E-state index in [0.717, 1.165) is 17.7 Å². The molecule has 0 bridgehead atoms. The van der Waals surface area contributed by atoms with Gasteiger partial charge >= 0.3 is 5.97 Å². The van der Waals surface area contributed by atoms with E-state index in [1.807, 2.05) is 6.07 Å². The van der Waals surface area contributed by atoms with Crippen molar-refractivity contribution in [2.45, 2.75) is 6.54 Å². The number of carbonyl (C=O) groups excluding carboxylic acids is 1. The van der Waals surface area contributed by atoms with Gasteiger partial charge in [-0.25, -0.2) is 18.6 Å². The number of imidazole rings is 1. The fourth-order valence-corrected chi connectivity index (χ4v) is 2.48. The van der Waals surface area contributed by atoms with Gasteiger partial charge in [-0.3, -0.25) is 0 Å². The Hall–Kier alpha value is -3.02. The first-order valence-electron chi connectivity index (χ1n) is 7.23. The van der Waals surface area contributed by atoms with Gasteiger partial charge < -0.3 is 9.30 Å². The quantitative estimate of drug-likeness (QED) is 0.687. The lowest BCUT2D eigenvalue weighted by Crippen LogP contribution is -2.09. The molecule has 0 saturated heterocycles. The maximum absolute atomic E-state index is 13.5. The second-order valence-corrected chi connectivity index (χ2v) is 5.16. The molecule has 122 valence electrons. The fourth-order valence-electron chi connectivity index (χ4n) is 2.48. The van der Waals surface area contributed by atoms with E-state index in [-0.39, 0.29) is 0 Å². The Kier molecular flexibility index (Phi) is 4.37. The van der Waals surface area contributed by atoms with Crippen molar-refractivity contribution in [2.24, 2.45) is 0 Å². The third-order valence-corrected chi connectivity index (χ3v) is 3.66. The van der Waals surface area contributed by atoms with Crippen molar-refractivity contribution in [3.63, 3.8) is 0 Å². The first-order valence-corrected chi connectivity index (χ1v) is 7.23. The van der Waals surface area contributed by atoms with Gasteiger partial charge in [0.1, 0.15) is 5.82 Å². The number of carbonyl (C=O) groups is 1. The van der Waals surface area contributed by atoms with E-state index in [1.165, 1.54) is 13.2 Å². The van der Waals surface area contributed by atoms with Gasteiger partial charge in [0.2, 0.25) is 0 Å². The Morgan fingerprint density at radius 1 is 1.17 bits per heavy atom. The number of rotatable bonds is 4. The minimum absolute atomic E-state index is 0.347. The van der Waals surface area contributed by atoms with Crippen molar-refractivity contribution in [3.05, 3.63) is 77.6 Å². The van der Waals surface area contributed by atoms with E-state index in [9.17, 15) is 13.6 Å². The summed E-state index contributed by atoms with van der Waals surface area (Å²) in [5.74, 6) is -1.79. The zero-order valence-electron chi connectivity index (χ0n) is 12.9. The Morgan fingerprint density at radius 2 is 1.96 bits per heavy atom. The molecular weight excluding hydrogens is 314 g/mol. The Morgan fingerprint density at radius 3 is 2.71 bits per heavy atom. The van der Waals surface area contributed by atoms with Crippen LogP contribution in [-0.2, 0) is 11.3 Å². The van der Waals surface area contributed by atoms with Crippen molar-refractivity contribution in [1.82, 2.24) is 9.55 Å². The van der Waals surface area contributed by atoms with Gasteiger partial charge in [-0.2, -0.15) is 0 Å². The van der Waals surface area contributed by atoms with Crippen LogP contribution in [0.5, 0.6) is 0 Å². The molecule has 0 aliphatic heterocycles. The van der Waals surface area contributed by atoms with Crippen LogP contribution in [0.2, 0.25) is 0 Å². The molecule has 3 aromatic rings. The lowest BCUT2D eigenvalue weighted by Gasteiger charge is -2.11. The van der Waals surface area contributed by atoms with Crippen LogP contribution < -0.4 is 0 Å². The largest absolute Gasteiger partial charge is 0.465 e. The van der Waals surface area contributed by atoms with Crippen molar-refractivity contribution in [3.8, 4) is 11.4 Å². The number of esters is 1. The molecule has 0 radical (unpaired) electrons. The predicted molar refractivity (Wildman–Crippen MR) is 84.5 cm³/mol. The van der Waals surface area contributed by atoms with Crippen LogP contribution in [-0.4, -0.2) is 22.6 Å². The van der Waals surface area contributed by atoms with E-state index in [0.29, 0.717) is 23.5 Å². The van der Waals surface area contributed by atoms with Crippen molar-refractivity contribution < 1.29 is 18.3 Å². The van der Waals surface area contributed by atoms with Crippen LogP contribution >= 0.6 is 0 Å². The molecule has 3 rings (SSSR count). The van der Waals surface area contributed by atoms with Crippen molar-refractivity contribution >= 4 is 5.97 Å². The highest BCUT2D eigenvalue weighted by Gasteiger charge is 2.14. The molecule has 1 aromatic heterocycles. The smallest absolute Gasteiger partial charge is 0.338 e. The monoisotopic (exact) mass is 328 g/mol. The van der Waals surface area contributed by atoms with Gasteiger partial charge in [-0.05, 0) is 29.8 Å². The van der Waals surface area contributed by atoms with E-state index in [1.54, 1.807) is 35.2 Å². The number of aromatic nitrogens is 2. The summed E-state index contributed by atoms with van der Waals surface area (Å²) >= 11 is 0. The molecule has 6 heteroatoms. The van der Waals surface area contributed by atoms with Gasteiger partial charge in [-0.1, -0.05) is 18.2 Å². The summed E-state index contributed by atoms with van der Waals surface area (Å²) in [6.07, 6.45) is 3.28. The number of nitrogens with zero attached hydrogens (tertiary/aromatic N) is 2. The SMILES string of the molecule is COC(=O)c1ccccc1Cn1ccnc1-c1ccc(F)c(F)c1. The summed E-state index contributed by atoms with van der Waals surface area (Å²) in [5.41, 5.74) is 1.64. The minimum atomic E-state index is -0.933. The normalized spacial score (nSPS) is 10.6. The zero-order chi connectivity index (χ0) is 17.1. The number of methoxy groups -OCH3 is 1. The Bertz CT molecular complexity index is 890. The third kappa shape index (κ3) is 3.03. The summed E-state index contributed by atoms with van der Waals surface area (Å²) in [5, 5.41) is 0. The first-order chi connectivity index (χ1) is 11.6. The van der Waals surface area contributed by atoms with E-state index in [2.05, 4.69) is 4.98 Å². The third-order valence-electron chi connectivity index (χ3n) is 3.66. The Labute approximate surface area is 137 Å². The summed E-state index contributed by atoms with van der Waals surface area (Å²) in [7, 11) is 1.32. The van der Waals surface area contributed by atoms with Crippen LogP contribution in [0.1, 0.15) is 15.9 Å². The highest BCUT2D eigenvalue weighted by atomic mass is 19.2. The molecule has 0 atom stereocenters. The summed E-state index contributed by atoms with van der Waals surface area (Å²) in [6.45, 7) is 0.347. The second kappa shape index (κ2) is 6.62. The second-order valence-electron chi connectivity index (χ2n) is 5.16. The van der Waals surface area contributed by atoms with Gasteiger partial charge in [0.25, 0.3) is 0 Å². The van der Waals surface area contributed by atoms with Gasteiger partial charge in [0.05, 0.1) is 12.7 Å². The van der Waals surface area contributed by atoms with E-state index < -0.39 is 17.6 Å². The molecule has 4 nitrogen and oxygen atoms in total. The van der Waals surface area contributed by atoms with Gasteiger partial charge in [-0.15, -0.1) is 0 Å². The van der Waals surface area contributed by atoms with Gasteiger partial charge in [0, 0.05) is 24.5 Å². The molecule has 0 N–H and O–H groups in total. The summed E-state index contributed by atoms with van der Waals surface area (Å²) < 4.78 is 33.1. The average Bonchev–Trinajstić information content (AvgIpc) is 3.05. The molecule has 0 aliphatic rings. The number of ether oxygens (including phenoxy) is 1. The lowest BCUT2D eigenvalue weighted by atomic mass is 10.1. The van der Waals surface area contributed by atoms with Gasteiger partial charge in [0.15, 0.2) is 11.6 Å². The topological polar surface area (TPSA) is 44.1 Å². The average molecular weight is 328 g/mol. The fraction of sp³-hybridized carbons (Fsp3) is 0.111. The molecule has 0 spiro atoms. The van der Waals surface area contributed by atoms with Crippen LogP contribution in [0.25, 0.3) is 11.4 Å². The van der Waals surface area contributed by atoms with Crippen LogP contribution in [0, 0.1) is 11.6 Å². The molecule has 0 saturated carbocycles. The summed E-state index contributed by atoms with van der Waals surface area (Å²) in [6, 6.07) is 10.7. The Balaban J connectivity index is 1.98. The number of hydrogen-bond acceptors (Lipinski definition) is 3. The van der Waals surface area contributed by atoms with Crippen LogP contribution in [0.3, 0.4) is 0 Å². The molecule has 0 unspecified atom stereocenters. The molecular formula is C18H14F2N2O2. The molecule has 24 heavy (non-hydrogen) atoms. The van der Waals surface area contributed by atoms with Crippen molar-refractivity contribution in [2.75, 3.05) is 7.11 Å². The standard InChI is InChI=1S/C18H14F2N2O2/c1-24-18(23)14-5-3-2-4-13(14)11-22-9-8-21-17(22)12-6-7-15(19)16(20)10-12/h2-10H,11H2,1H3. The first kappa shape index (κ1) is 15.9. The molecule has 0 aliphatic carbocycles. The maximum Gasteiger partial charge on any atom is 0.338 e. The van der Waals surface area contributed by atoms with E-state index in [4.69, 9.17) is 4.74 Å². The molecule has 0 amide bonds. The number of hydrogen-bond donors (Lipinski definition) is 0. The molecule has 1 heterocycles. The highest BCUT2D eigenvalue weighted by molar-refractivity contribution is 5.91. The van der Waals surface area contributed by atoms with Crippen molar-refractivity contribution in [1.29, 1.82) is 0 Å². The van der Waals surface area contributed by atoms with E-state index >= 15 is 0 Å². The zero-order valence-corrected chi connectivity index (χ0v) is 12.9. The number of benzene rings is 2. The maximum atomic E-state index is 13.5. The predicted octanol–water partition coefficient (Wildman–Crippen LogP) is 3.66. The molecule has 2 aromatic carbocycles. The molecule has 0 fully saturated rings. The lowest BCUT2D eigenvalue weighted by molar-refractivity contribution is 0.0599. The summed E-state index contributed by atoms with van der Waals surface area (Å²) in [4.78, 5) is 16.1. The highest BCUT2D eigenvalue weighted by Crippen LogP contribution is 2.22. The number of halogens is 2. The van der Waals surface area contributed by atoms with Crippen LogP contribution in [0.4, 0.5) is 8.78 Å². The van der Waals surface area contributed by atoms with Crippen LogP contribution in [0.15, 0.2) is 54.9 Å².